The molecule has 2 aliphatic heterocycles. The molecule has 1 atom stereocenters. The summed E-state index contributed by atoms with van der Waals surface area (Å²) < 4.78 is 1.42. The van der Waals surface area contributed by atoms with Gasteiger partial charge in [-0.2, -0.15) is 14.3 Å². The normalized spacial score (nSPS) is 18.2. The van der Waals surface area contributed by atoms with Crippen LogP contribution in [-0.2, 0) is 16.0 Å². The van der Waals surface area contributed by atoms with Crippen molar-refractivity contribution in [3.63, 3.8) is 0 Å². The first kappa shape index (κ1) is 20.9. The Bertz CT molecular complexity index is 1050. The second-order valence-corrected chi connectivity index (χ2v) is 9.64. The molecule has 0 spiro atoms. The Labute approximate surface area is 187 Å². The van der Waals surface area contributed by atoms with Gasteiger partial charge in [-0.05, 0) is 47.4 Å². The molecule has 0 aliphatic carbocycles. The highest BCUT2D eigenvalue weighted by Crippen LogP contribution is 2.28. The average molecular weight is 459 g/mol. The van der Waals surface area contributed by atoms with Crippen molar-refractivity contribution in [3.05, 3.63) is 58.1 Å². The minimum Gasteiger partial charge on any atom is -0.323 e. The van der Waals surface area contributed by atoms with Crippen molar-refractivity contribution in [2.45, 2.75) is 16.6 Å². The average Bonchev–Trinajstić information content (AvgIpc) is 3.43. The Morgan fingerprint density at radius 3 is 2.90 bits per heavy atom. The summed E-state index contributed by atoms with van der Waals surface area (Å²) in [5.41, 5.74) is 1.26. The molecule has 0 saturated carbocycles. The summed E-state index contributed by atoms with van der Waals surface area (Å²) >= 11 is 4.55. The van der Waals surface area contributed by atoms with E-state index >= 15 is 0 Å². The highest BCUT2D eigenvalue weighted by Gasteiger charge is 2.49. The molecule has 0 bridgehead atoms. The van der Waals surface area contributed by atoms with Crippen LogP contribution in [0.25, 0.3) is 0 Å². The highest BCUT2D eigenvalue weighted by molar-refractivity contribution is 8.04. The number of hydrogen-bond donors (Lipinski definition) is 1. The predicted molar refractivity (Wildman–Crippen MR) is 123 cm³/mol. The van der Waals surface area contributed by atoms with Gasteiger partial charge in [-0.3, -0.25) is 4.79 Å². The molecule has 4 rings (SSSR count). The van der Waals surface area contributed by atoms with E-state index in [0.717, 1.165) is 9.77 Å². The van der Waals surface area contributed by atoms with Crippen LogP contribution in [0.15, 0.2) is 58.2 Å². The van der Waals surface area contributed by atoms with Gasteiger partial charge in [0.15, 0.2) is 11.8 Å². The number of fused-ring (bicyclic) bond motifs is 1. The number of benzene rings is 1. The van der Waals surface area contributed by atoms with Crippen LogP contribution in [0.5, 0.6) is 0 Å². The van der Waals surface area contributed by atoms with Crippen LogP contribution in [0.2, 0.25) is 0 Å². The van der Waals surface area contributed by atoms with Gasteiger partial charge in [0.2, 0.25) is 0 Å². The summed E-state index contributed by atoms with van der Waals surface area (Å²) in [7, 11) is 0. The summed E-state index contributed by atoms with van der Waals surface area (Å²) in [5, 5.41) is 6.16. The molecular weight excluding hydrogens is 438 g/mol. The topological polar surface area (TPSA) is 69.5 Å². The largest absolute Gasteiger partial charge is 0.501 e. The van der Waals surface area contributed by atoms with Crippen LogP contribution in [0.4, 0.5) is 10.5 Å². The lowest BCUT2D eigenvalue weighted by molar-refractivity contribution is -0.425. The van der Waals surface area contributed by atoms with Crippen molar-refractivity contribution < 1.29 is 19.0 Å². The Morgan fingerprint density at radius 2 is 2.13 bits per heavy atom. The summed E-state index contributed by atoms with van der Waals surface area (Å²) in [5.74, 6) is -0.517. The first-order valence-electron chi connectivity index (χ1n) is 9.35. The fraction of sp³-hybridized carbons (Fsp3) is 0.238. The number of carbonyl (C=O) groups is 3. The maximum absolute atomic E-state index is 13.1. The molecule has 4 amide bonds. The zero-order chi connectivity index (χ0) is 21.1. The number of imide groups is 1. The van der Waals surface area contributed by atoms with Gasteiger partial charge in [0.05, 0.1) is 0 Å². The van der Waals surface area contributed by atoms with Gasteiger partial charge in [0, 0.05) is 21.9 Å². The zero-order valence-electron chi connectivity index (χ0n) is 16.2. The minimum atomic E-state index is -0.473. The number of nitrogens with one attached hydrogen (secondary N) is 1. The van der Waals surface area contributed by atoms with Crippen LogP contribution in [0.3, 0.4) is 0 Å². The SMILES string of the molecule is CSc1cccc(NC(=O)C[N+]2=C3C=CSC3C(=O)N(CCc3cccs3)C2=O)c1. The molecule has 6 nitrogen and oxygen atoms in total. The molecule has 1 aromatic heterocycles. The van der Waals surface area contributed by atoms with Crippen LogP contribution >= 0.6 is 34.9 Å². The number of anilines is 1. The second kappa shape index (κ2) is 9.20. The van der Waals surface area contributed by atoms with E-state index < -0.39 is 11.3 Å². The summed E-state index contributed by atoms with van der Waals surface area (Å²) in [6.45, 7) is 0.165. The molecule has 30 heavy (non-hydrogen) atoms. The lowest BCUT2D eigenvalue weighted by Gasteiger charge is -2.24. The van der Waals surface area contributed by atoms with Crippen molar-refractivity contribution in [1.82, 2.24) is 4.90 Å². The number of urea groups is 1. The summed E-state index contributed by atoms with van der Waals surface area (Å²) in [4.78, 5) is 42.1. The highest BCUT2D eigenvalue weighted by atomic mass is 32.2. The number of nitrogens with zero attached hydrogens (tertiary/aromatic N) is 2. The van der Waals surface area contributed by atoms with Gasteiger partial charge in [-0.25, -0.2) is 4.79 Å². The van der Waals surface area contributed by atoms with E-state index in [9.17, 15) is 14.4 Å². The number of amides is 4. The third-order valence-corrected chi connectivity index (χ3v) is 7.47. The Hall–Kier alpha value is -2.36. The van der Waals surface area contributed by atoms with Crippen LogP contribution in [-0.4, -0.2) is 57.6 Å². The Balaban J connectivity index is 1.51. The maximum Gasteiger partial charge on any atom is 0.501 e. The van der Waals surface area contributed by atoms with E-state index in [1.165, 1.54) is 21.2 Å². The van der Waals surface area contributed by atoms with Crippen LogP contribution in [0.1, 0.15) is 4.88 Å². The molecular formula is C21H20N3O3S3+. The molecule has 3 heterocycles. The van der Waals surface area contributed by atoms with Gasteiger partial charge in [-0.15, -0.1) is 34.9 Å². The van der Waals surface area contributed by atoms with E-state index in [-0.39, 0.29) is 18.4 Å². The van der Waals surface area contributed by atoms with Gasteiger partial charge in [0.1, 0.15) is 12.3 Å². The summed E-state index contributed by atoms with van der Waals surface area (Å²) in [6.07, 6.45) is 4.33. The molecule has 9 heteroatoms. The van der Waals surface area contributed by atoms with E-state index in [4.69, 9.17) is 0 Å². The molecule has 154 valence electrons. The number of thioether (sulfide) groups is 2. The van der Waals surface area contributed by atoms with Crippen molar-refractivity contribution in [3.8, 4) is 0 Å². The third-order valence-electron chi connectivity index (χ3n) is 4.80. The van der Waals surface area contributed by atoms with Gasteiger partial charge < -0.3 is 5.32 Å². The molecule has 0 fully saturated rings. The molecule has 1 N–H and O–H groups in total. The predicted octanol–water partition coefficient (Wildman–Crippen LogP) is 3.70. The smallest absolute Gasteiger partial charge is 0.323 e. The number of hydrogen-bond acceptors (Lipinski definition) is 6. The Kier molecular flexibility index (Phi) is 6.40. The first-order chi connectivity index (χ1) is 14.6. The van der Waals surface area contributed by atoms with E-state index in [1.54, 1.807) is 34.6 Å². The van der Waals surface area contributed by atoms with Crippen LogP contribution in [0, 0.1) is 0 Å². The van der Waals surface area contributed by atoms with Crippen molar-refractivity contribution in [2.75, 3.05) is 24.7 Å². The fourth-order valence-corrected chi connectivity index (χ4v) is 5.46. The number of thiophene rings is 1. The number of carbonyl (C=O) groups excluding carboxylic acids is 3. The number of rotatable bonds is 7. The van der Waals surface area contributed by atoms with Gasteiger partial charge in [0.25, 0.3) is 5.91 Å². The first-order valence-corrected chi connectivity index (χ1v) is 12.4. The molecule has 0 radical (unpaired) electrons. The summed E-state index contributed by atoms with van der Waals surface area (Å²) in [6, 6.07) is 11.0. The molecule has 1 unspecified atom stereocenters. The van der Waals surface area contributed by atoms with Crippen molar-refractivity contribution >= 4 is 64.1 Å². The number of allylic oxidation sites excluding steroid dienone is 1. The minimum absolute atomic E-state index is 0.137. The van der Waals surface area contributed by atoms with Gasteiger partial charge >= 0.3 is 11.9 Å². The lowest BCUT2D eigenvalue weighted by atomic mass is 10.1. The zero-order valence-corrected chi connectivity index (χ0v) is 18.7. The maximum atomic E-state index is 13.1. The van der Waals surface area contributed by atoms with Crippen molar-refractivity contribution in [2.24, 2.45) is 0 Å². The standard InChI is InChI=1S/C21H19N3O3S3/c1-28-16-5-2-4-14(12-16)22-18(25)13-24-17-8-11-30-19(17)20(26)23(21(24)27)9-7-15-6-3-10-29-15/h2-6,8,10-12,19H,7,9,13H2,1H3/p+1. The molecule has 2 aliphatic rings. The molecule has 2 aromatic rings. The Morgan fingerprint density at radius 1 is 1.27 bits per heavy atom. The van der Waals surface area contributed by atoms with Crippen molar-refractivity contribution in [1.29, 1.82) is 0 Å². The van der Waals surface area contributed by atoms with Gasteiger partial charge in [-0.1, -0.05) is 12.1 Å². The fourth-order valence-electron chi connectivity index (χ4n) is 3.34. The third kappa shape index (κ3) is 4.38. The quantitative estimate of drug-likeness (QED) is 0.506. The molecule has 1 aromatic carbocycles. The van der Waals surface area contributed by atoms with E-state index in [1.807, 2.05) is 48.0 Å². The lowest BCUT2D eigenvalue weighted by Crippen LogP contribution is -2.56. The second-order valence-electron chi connectivity index (χ2n) is 6.71. The van der Waals surface area contributed by atoms with Crippen LogP contribution < -0.4 is 5.32 Å². The van der Waals surface area contributed by atoms with E-state index in [2.05, 4.69) is 5.32 Å². The molecule has 0 saturated heterocycles. The monoisotopic (exact) mass is 458 g/mol. The van der Waals surface area contributed by atoms with E-state index in [0.29, 0.717) is 24.4 Å².